The summed E-state index contributed by atoms with van der Waals surface area (Å²) >= 11 is 0. The predicted octanol–water partition coefficient (Wildman–Crippen LogP) is 0.156. The highest BCUT2D eigenvalue weighted by Gasteiger charge is 2.35. The summed E-state index contributed by atoms with van der Waals surface area (Å²) in [5.41, 5.74) is 0.295. The van der Waals surface area contributed by atoms with E-state index in [0.29, 0.717) is 5.69 Å². The minimum atomic E-state index is -3.74. The molecule has 0 aliphatic carbocycles. The number of carbonyl (C=O) groups is 1. The molecule has 1 saturated heterocycles. The van der Waals surface area contributed by atoms with Gasteiger partial charge in [-0.25, -0.2) is 8.42 Å². The molecule has 2 heterocycles. The van der Waals surface area contributed by atoms with E-state index in [1.54, 1.807) is 6.92 Å². The molecule has 112 valence electrons. The number of aliphatic carboxylic acids is 1. The molecule has 2 rings (SSSR count). The molecule has 1 atom stereocenters. The smallest absolute Gasteiger partial charge is 0.306 e. The molecule has 9 heteroatoms. The van der Waals surface area contributed by atoms with Crippen molar-refractivity contribution >= 4 is 16.0 Å². The summed E-state index contributed by atoms with van der Waals surface area (Å²) < 4.78 is 36.5. The number of ether oxygens (including phenoxy) is 1. The van der Waals surface area contributed by atoms with Gasteiger partial charge < -0.3 is 14.4 Å². The monoisotopic (exact) mass is 304 g/mol. The molecule has 1 unspecified atom stereocenters. The summed E-state index contributed by atoms with van der Waals surface area (Å²) in [5.74, 6) is -0.796. The molecule has 0 saturated carbocycles. The van der Waals surface area contributed by atoms with Gasteiger partial charge in [-0.1, -0.05) is 5.16 Å². The van der Waals surface area contributed by atoms with Gasteiger partial charge in [0, 0.05) is 13.1 Å². The van der Waals surface area contributed by atoms with Crippen molar-refractivity contribution < 1.29 is 27.6 Å². The van der Waals surface area contributed by atoms with Crippen LogP contribution in [0.4, 0.5) is 0 Å². The highest BCUT2D eigenvalue weighted by Crippen LogP contribution is 2.25. The van der Waals surface area contributed by atoms with Crippen LogP contribution in [0.5, 0.6) is 0 Å². The van der Waals surface area contributed by atoms with Crippen LogP contribution in [0.3, 0.4) is 0 Å². The van der Waals surface area contributed by atoms with Gasteiger partial charge in [0.1, 0.15) is 10.6 Å². The molecule has 0 bridgehead atoms. The summed E-state index contributed by atoms with van der Waals surface area (Å²) in [6.45, 7) is 3.45. The van der Waals surface area contributed by atoms with Crippen molar-refractivity contribution in [2.24, 2.45) is 0 Å². The highest BCUT2D eigenvalue weighted by atomic mass is 32.2. The van der Waals surface area contributed by atoms with Gasteiger partial charge in [0.2, 0.25) is 10.0 Å². The maximum absolute atomic E-state index is 12.5. The number of nitrogens with zero attached hydrogens (tertiary/aromatic N) is 2. The van der Waals surface area contributed by atoms with Gasteiger partial charge >= 0.3 is 5.97 Å². The molecular formula is C11H16N2O6S. The van der Waals surface area contributed by atoms with Gasteiger partial charge in [-0.05, 0) is 13.8 Å². The van der Waals surface area contributed by atoms with E-state index in [0.717, 1.165) is 0 Å². The van der Waals surface area contributed by atoms with E-state index in [4.69, 9.17) is 14.4 Å². The molecule has 1 aliphatic rings. The van der Waals surface area contributed by atoms with Crippen molar-refractivity contribution in [3.63, 3.8) is 0 Å². The van der Waals surface area contributed by atoms with Crippen molar-refractivity contribution in [2.75, 3.05) is 19.7 Å². The van der Waals surface area contributed by atoms with E-state index in [9.17, 15) is 13.2 Å². The third kappa shape index (κ3) is 2.84. The zero-order chi connectivity index (χ0) is 14.9. The van der Waals surface area contributed by atoms with Crippen LogP contribution in [-0.2, 0) is 19.6 Å². The molecule has 1 aromatic rings. The number of aryl methyl sites for hydroxylation is 2. The first-order chi connectivity index (χ1) is 9.32. The number of carboxylic acids is 1. The Balaban J connectivity index is 2.24. The van der Waals surface area contributed by atoms with Gasteiger partial charge in [-0.2, -0.15) is 4.31 Å². The van der Waals surface area contributed by atoms with Gasteiger partial charge in [0.05, 0.1) is 19.1 Å². The first-order valence-electron chi connectivity index (χ1n) is 6.08. The fraction of sp³-hybridized carbons (Fsp3) is 0.636. The topological polar surface area (TPSA) is 110 Å². The molecule has 0 spiro atoms. The average Bonchev–Trinajstić information content (AvgIpc) is 2.69. The van der Waals surface area contributed by atoms with Crippen LogP contribution in [0.2, 0.25) is 0 Å². The van der Waals surface area contributed by atoms with Crippen LogP contribution < -0.4 is 0 Å². The first kappa shape index (κ1) is 14.9. The van der Waals surface area contributed by atoms with Crippen LogP contribution in [0.1, 0.15) is 17.9 Å². The van der Waals surface area contributed by atoms with Crippen molar-refractivity contribution in [3.8, 4) is 0 Å². The lowest BCUT2D eigenvalue weighted by molar-refractivity contribution is -0.141. The number of aromatic nitrogens is 1. The van der Waals surface area contributed by atoms with Crippen molar-refractivity contribution in [2.45, 2.75) is 31.3 Å². The first-order valence-corrected chi connectivity index (χ1v) is 7.53. The lowest BCUT2D eigenvalue weighted by Gasteiger charge is -2.31. The molecule has 1 aromatic heterocycles. The molecule has 1 fully saturated rings. The van der Waals surface area contributed by atoms with Crippen molar-refractivity contribution in [1.29, 1.82) is 0 Å². The zero-order valence-electron chi connectivity index (χ0n) is 11.2. The quantitative estimate of drug-likeness (QED) is 0.843. The maximum atomic E-state index is 12.5. The normalized spacial score (nSPS) is 21.0. The van der Waals surface area contributed by atoms with Gasteiger partial charge in [-0.3, -0.25) is 4.79 Å². The molecule has 0 aromatic carbocycles. The van der Waals surface area contributed by atoms with E-state index < -0.39 is 22.1 Å². The number of hydrogen-bond donors (Lipinski definition) is 1. The SMILES string of the molecule is Cc1noc(C)c1S(=O)(=O)N1CCOC(CC(=O)O)C1. The fourth-order valence-electron chi connectivity index (χ4n) is 2.20. The van der Waals surface area contributed by atoms with Crippen molar-refractivity contribution in [3.05, 3.63) is 11.5 Å². The molecule has 0 amide bonds. The summed E-state index contributed by atoms with van der Waals surface area (Å²) in [6, 6.07) is 0. The fourth-order valence-corrected chi connectivity index (χ4v) is 3.95. The lowest BCUT2D eigenvalue weighted by Crippen LogP contribution is -2.46. The maximum Gasteiger partial charge on any atom is 0.306 e. The molecule has 0 radical (unpaired) electrons. The summed E-state index contributed by atoms with van der Waals surface area (Å²) in [4.78, 5) is 10.7. The standard InChI is InChI=1S/C11H16N2O6S/c1-7-11(8(2)19-12-7)20(16,17)13-3-4-18-9(6-13)5-10(14)15/h9H,3-6H2,1-2H3,(H,14,15). The van der Waals surface area contributed by atoms with Gasteiger partial charge in [0.25, 0.3) is 0 Å². The average molecular weight is 304 g/mol. The van der Waals surface area contributed by atoms with Crippen LogP contribution in [-0.4, -0.2) is 54.8 Å². The van der Waals surface area contributed by atoms with E-state index in [-0.39, 0.29) is 36.8 Å². The van der Waals surface area contributed by atoms with Crippen molar-refractivity contribution in [1.82, 2.24) is 9.46 Å². The van der Waals surface area contributed by atoms with E-state index in [1.807, 2.05) is 0 Å². The summed E-state index contributed by atoms with van der Waals surface area (Å²) in [5, 5.41) is 12.4. The third-order valence-corrected chi connectivity index (χ3v) is 5.18. The largest absolute Gasteiger partial charge is 0.481 e. The summed E-state index contributed by atoms with van der Waals surface area (Å²) in [6.07, 6.45) is -0.871. The van der Waals surface area contributed by atoms with Gasteiger partial charge in [0.15, 0.2) is 5.76 Å². The Bertz CT molecular complexity index is 589. The minimum absolute atomic E-state index is 0.0126. The number of rotatable bonds is 4. The number of hydrogen-bond acceptors (Lipinski definition) is 6. The van der Waals surface area contributed by atoms with E-state index >= 15 is 0 Å². The molecule has 20 heavy (non-hydrogen) atoms. The Hall–Kier alpha value is -1.45. The second-order valence-corrected chi connectivity index (χ2v) is 6.48. The van der Waals surface area contributed by atoms with E-state index in [1.165, 1.54) is 11.2 Å². The van der Waals surface area contributed by atoms with Crippen LogP contribution in [0.25, 0.3) is 0 Å². The number of sulfonamides is 1. The second kappa shape index (κ2) is 5.51. The molecule has 1 N–H and O–H groups in total. The molecule has 1 aliphatic heterocycles. The number of carboxylic acid groups (broad SMARTS) is 1. The second-order valence-electron chi connectivity index (χ2n) is 4.61. The third-order valence-electron chi connectivity index (χ3n) is 3.07. The zero-order valence-corrected chi connectivity index (χ0v) is 12.0. The Morgan fingerprint density at radius 2 is 2.20 bits per heavy atom. The van der Waals surface area contributed by atoms with Gasteiger partial charge in [-0.15, -0.1) is 0 Å². The predicted molar refractivity (Wildman–Crippen MR) is 66.7 cm³/mol. The van der Waals surface area contributed by atoms with Crippen LogP contribution in [0, 0.1) is 13.8 Å². The Morgan fingerprint density at radius 3 is 2.75 bits per heavy atom. The number of morpholine rings is 1. The van der Waals surface area contributed by atoms with E-state index in [2.05, 4.69) is 5.16 Å². The molecule has 8 nitrogen and oxygen atoms in total. The minimum Gasteiger partial charge on any atom is -0.481 e. The van der Waals surface area contributed by atoms with Crippen LogP contribution >= 0.6 is 0 Å². The molecular weight excluding hydrogens is 288 g/mol. The Morgan fingerprint density at radius 1 is 1.50 bits per heavy atom. The Kier molecular flexibility index (Phi) is 4.11. The highest BCUT2D eigenvalue weighted by molar-refractivity contribution is 7.89. The van der Waals surface area contributed by atoms with Crippen LogP contribution in [0.15, 0.2) is 9.42 Å². The lowest BCUT2D eigenvalue weighted by atomic mass is 10.2. The summed E-state index contributed by atoms with van der Waals surface area (Å²) in [7, 11) is -3.74. The Labute approximate surface area is 116 Å².